The molecule has 0 saturated carbocycles. The Hall–Kier alpha value is -0.950. The van der Waals surface area contributed by atoms with Crippen LogP contribution in [-0.2, 0) is 7.05 Å². The Bertz CT molecular complexity index is 498. The average Bonchev–Trinajstić information content (AvgIpc) is 2.73. The fourth-order valence-corrected chi connectivity index (χ4v) is 2.08. The van der Waals surface area contributed by atoms with Crippen molar-refractivity contribution in [3.63, 3.8) is 0 Å². The number of carbonyl (C=O) groups is 1. The van der Waals surface area contributed by atoms with Crippen LogP contribution < -0.4 is 0 Å². The van der Waals surface area contributed by atoms with Crippen LogP contribution in [0.15, 0.2) is 26.0 Å². The molecule has 2 aromatic rings. The third kappa shape index (κ3) is 1.76. The lowest BCUT2D eigenvalue weighted by Crippen LogP contribution is -2.08. The number of nitrogens with zero attached hydrogens (tertiary/aromatic N) is 3. The molecular formula is C8H5Br2N3O2. The van der Waals surface area contributed by atoms with E-state index in [9.17, 15) is 4.79 Å². The number of rotatable bonds is 2. The molecule has 0 fully saturated rings. The van der Waals surface area contributed by atoms with Gasteiger partial charge in [-0.2, -0.15) is 0 Å². The maximum atomic E-state index is 12.0. The molecule has 0 bridgehead atoms. The first-order chi connectivity index (χ1) is 7.11. The Kier molecular flexibility index (Phi) is 2.74. The van der Waals surface area contributed by atoms with Crippen LogP contribution in [0.2, 0.25) is 0 Å². The van der Waals surface area contributed by atoms with E-state index in [1.165, 1.54) is 10.9 Å². The second-order valence-corrected chi connectivity index (χ2v) is 4.26. The molecule has 0 aliphatic carbocycles. The predicted molar refractivity (Wildman–Crippen MR) is 58.5 cm³/mol. The topological polar surface area (TPSA) is 60.9 Å². The van der Waals surface area contributed by atoms with Crippen molar-refractivity contribution in [2.45, 2.75) is 0 Å². The maximum Gasteiger partial charge on any atom is 0.218 e. The van der Waals surface area contributed by atoms with Crippen molar-refractivity contribution in [2.75, 3.05) is 0 Å². The third-order valence-corrected chi connectivity index (χ3v) is 3.01. The van der Waals surface area contributed by atoms with Gasteiger partial charge < -0.3 is 4.42 Å². The normalized spacial score (nSPS) is 10.6. The minimum Gasteiger partial charge on any atom is -0.457 e. The molecule has 7 heteroatoms. The van der Waals surface area contributed by atoms with Crippen molar-refractivity contribution in [1.82, 2.24) is 15.0 Å². The molecule has 15 heavy (non-hydrogen) atoms. The monoisotopic (exact) mass is 333 g/mol. The maximum absolute atomic E-state index is 12.0. The second-order valence-electron chi connectivity index (χ2n) is 2.79. The molecule has 0 aliphatic heterocycles. The Morgan fingerprint density at radius 1 is 1.53 bits per heavy atom. The van der Waals surface area contributed by atoms with Gasteiger partial charge in [0.1, 0.15) is 5.69 Å². The van der Waals surface area contributed by atoms with Gasteiger partial charge in [0.25, 0.3) is 0 Å². The first-order valence-corrected chi connectivity index (χ1v) is 5.52. The molecule has 0 radical (unpaired) electrons. The van der Waals surface area contributed by atoms with Gasteiger partial charge in [0.15, 0.2) is 9.27 Å². The summed E-state index contributed by atoms with van der Waals surface area (Å²) in [4.78, 5) is 12.0. The lowest BCUT2D eigenvalue weighted by Gasteiger charge is -1.98. The number of hydrogen-bond donors (Lipinski definition) is 0. The summed E-state index contributed by atoms with van der Waals surface area (Å²) in [6.07, 6.45) is 1.44. The molecule has 78 valence electrons. The SMILES string of the molecule is Cn1nnc(Br)c1C(=O)c1ccoc1Br. The number of furan rings is 1. The summed E-state index contributed by atoms with van der Waals surface area (Å²) in [7, 11) is 1.65. The van der Waals surface area contributed by atoms with Crippen LogP contribution in [0, 0.1) is 0 Å². The number of ketones is 1. The van der Waals surface area contributed by atoms with Gasteiger partial charge >= 0.3 is 0 Å². The van der Waals surface area contributed by atoms with Gasteiger partial charge in [-0.25, -0.2) is 4.68 Å². The highest BCUT2D eigenvalue weighted by molar-refractivity contribution is 9.10. The first-order valence-electron chi connectivity index (χ1n) is 3.94. The van der Waals surface area contributed by atoms with Gasteiger partial charge in [0, 0.05) is 7.05 Å². The van der Waals surface area contributed by atoms with Crippen molar-refractivity contribution in [2.24, 2.45) is 7.05 Å². The third-order valence-electron chi connectivity index (χ3n) is 1.86. The highest BCUT2D eigenvalue weighted by Gasteiger charge is 2.22. The molecule has 0 N–H and O–H groups in total. The highest BCUT2D eigenvalue weighted by atomic mass is 79.9. The Morgan fingerprint density at radius 3 is 2.73 bits per heavy atom. The van der Waals surface area contributed by atoms with Crippen LogP contribution in [0.4, 0.5) is 0 Å². The molecule has 0 aromatic carbocycles. The summed E-state index contributed by atoms with van der Waals surface area (Å²) in [5.74, 6) is -0.199. The van der Waals surface area contributed by atoms with E-state index in [1.807, 2.05) is 0 Å². The second kappa shape index (κ2) is 3.90. The van der Waals surface area contributed by atoms with Crippen LogP contribution in [0.25, 0.3) is 0 Å². The lowest BCUT2D eigenvalue weighted by atomic mass is 10.2. The first kappa shape index (κ1) is 10.6. The fraction of sp³-hybridized carbons (Fsp3) is 0.125. The molecule has 0 atom stereocenters. The number of carbonyl (C=O) groups excluding carboxylic acids is 1. The molecular weight excluding hydrogens is 330 g/mol. The van der Waals surface area contributed by atoms with E-state index < -0.39 is 0 Å². The zero-order valence-electron chi connectivity index (χ0n) is 7.57. The van der Waals surface area contributed by atoms with Crippen LogP contribution in [0.3, 0.4) is 0 Å². The van der Waals surface area contributed by atoms with Crippen LogP contribution in [-0.4, -0.2) is 20.8 Å². The van der Waals surface area contributed by atoms with Gasteiger partial charge in [-0.05, 0) is 37.9 Å². The average molecular weight is 335 g/mol. The van der Waals surface area contributed by atoms with Crippen molar-refractivity contribution >= 4 is 37.6 Å². The minimum atomic E-state index is -0.199. The molecule has 0 spiro atoms. The Balaban J connectivity index is 2.50. The van der Waals surface area contributed by atoms with Crippen LogP contribution in [0.1, 0.15) is 16.1 Å². The van der Waals surface area contributed by atoms with Crippen molar-refractivity contribution < 1.29 is 9.21 Å². The summed E-state index contributed by atoms with van der Waals surface area (Å²) in [6.45, 7) is 0. The van der Waals surface area contributed by atoms with Gasteiger partial charge in [-0.1, -0.05) is 5.21 Å². The summed E-state index contributed by atoms with van der Waals surface area (Å²) >= 11 is 6.32. The van der Waals surface area contributed by atoms with Crippen LogP contribution in [0.5, 0.6) is 0 Å². The van der Waals surface area contributed by atoms with Gasteiger partial charge in [-0.15, -0.1) is 5.10 Å². The predicted octanol–water partition coefficient (Wildman–Crippen LogP) is 2.16. The van der Waals surface area contributed by atoms with Gasteiger partial charge in [0.2, 0.25) is 5.78 Å². The molecule has 2 aromatic heterocycles. The number of hydrogen-bond acceptors (Lipinski definition) is 4. The largest absolute Gasteiger partial charge is 0.457 e. The summed E-state index contributed by atoms with van der Waals surface area (Å²) in [5, 5.41) is 7.47. The number of aromatic nitrogens is 3. The van der Waals surface area contributed by atoms with E-state index in [2.05, 4.69) is 42.2 Å². The molecule has 5 nitrogen and oxygen atoms in total. The minimum absolute atomic E-state index is 0.199. The van der Waals surface area contributed by atoms with E-state index in [0.29, 0.717) is 20.5 Å². The van der Waals surface area contributed by atoms with Crippen LogP contribution >= 0.6 is 31.9 Å². The molecule has 0 unspecified atom stereocenters. The Labute approximate surface area is 102 Å². The summed E-state index contributed by atoms with van der Waals surface area (Å²) in [6, 6.07) is 1.59. The quantitative estimate of drug-likeness (QED) is 0.790. The van der Waals surface area contributed by atoms with Crippen molar-refractivity contribution in [3.05, 3.63) is 32.9 Å². The molecule has 0 saturated heterocycles. The fourth-order valence-electron chi connectivity index (χ4n) is 1.16. The molecule has 0 amide bonds. The number of aryl methyl sites for hydroxylation is 1. The number of halogens is 2. The van der Waals surface area contributed by atoms with Gasteiger partial charge in [0.05, 0.1) is 11.8 Å². The van der Waals surface area contributed by atoms with Gasteiger partial charge in [-0.3, -0.25) is 4.79 Å². The molecule has 2 rings (SSSR count). The van der Waals surface area contributed by atoms with Crippen molar-refractivity contribution in [3.8, 4) is 0 Å². The molecule has 2 heterocycles. The Morgan fingerprint density at radius 2 is 2.27 bits per heavy atom. The smallest absolute Gasteiger partial charge is 0.218 e. The lowest BCUT2D eigenvalue weighted by molar-refractivity contribution is 0.102. The van der Waals surface area contributed by atoms with E-state index in [-0.39, 0.29) is 5.78 Å². The van der Waals surface area contributed by atoms with E-state index in [4.69, 9.17) is 4.42 Å². The highest BCUT2D eigenvalue weighted by Crippen LogP contribution is 2.23. The summed E-state index contributed by atoms with van der Waals surface area (Å²) < 4.78 is 7.23. The van der Waals surface area contributed by atoms with E-state index >= 15 is 0 Å². The van der Waals surface area contributed by atoms with E-state index in [0.717, 1.165) is 0 Å². The van der Waals surface area contributed by atoms with Crippen molar-refractivity contribution in [1.29, 1.82) is 0 Å². The standard InChI is InChI=1S/C8H5Br2N3O2/c1-13-5(7(9)11-12-13)6(14)4-2-3-15-8(4)10/h2-3H,1H3. The summed E-state index contributed by atoms with van der Waals surface area (Å²) in [5.41, 5.74) is 0.832. The zero-order chi connectivity index (χ0) is 11.0. The van der Waals surface area contributed by atoms with E-state index in [1.54, 1.807) is 13.1 Å². The zero-order valence-corrected chi connectivity index (χ0v) is 10.7. The molecule has 0 aliphatic rings.